The van der Waals surface area contributed by atoms with Crippen LogP contribution in [0.4, 0.5) is 0 Å². The van der Waals surface area contributed by atoms with Gasteiger partial charge in [0.2, 0.25) is 0 Å². The zero-order valence-corrected chi connectivity index (χ0v) is 16.7. The van der Waals surface area contributed by atoms with E-state index in [4.69, 9.17) is 14.5 Å². The third kappa shape index (κ3) is 6.76. The van der Waals surface area contributed by atoms with Gasteiger partial charge in [-0.2, -0.15) is 0 Å². The Bertz CT molecular complexity index is 444. The Kier molecular flexibility index (Phi) is 9.18. The molecule has 2 aliphatic rings. The molecule has 7 heteroatoms. The van der Waals surface area contributed by atoms with Crippen LogP contribution in [0.2, 0.25) is 0 Å². The smallest absolute Gasteiger partial charge is 0.309 e. The van der Waals surface area contributed by atoms with Crippen molar-refractivity contribution in [3.8, 4) is 0 Å². The molecule has 2 heterocycles. The molecule has 1 unspecified atom stereocenters. The van der Waals surface area contributed by atoms with E-state index in [1.807, 2.05) is 6.92 Å². The number of rotatable bonds is 7. The Balaban J connectivity index is 1.81. The molecule has 0 spiro atoms. The maximum atomic E-state index is 11.9. The zero-order valence-electron chi connectivity index (χ0n) is 16.7. The van der Waals surface area contributed by atoms with Gasteiger partial charge in [-0.05, 0) is 32.6 Å². The van der Waals surface area contributed by atoms with Gasteiger partial charge in [0.15, 0.2) is 5.96 Å². The summed E-state index contributed by atoms with van der Waals surface area (Å²) in [6.45, 7) is 14.9. The summed E-state index contributed by atoms with van der Waals surface area (Å²) in [6.07, 6.45) is 1.68. The summed E-state index contributed by atoms with van der Waals surface area (Å²) in [6, 6.07) is 0. The molecule has 0 aliphatic carbocycles. The van der Waals surface area contributed by atoms with E-state index in [0.717, 1.165) is 77.8 Å². The highest BCUT2D eigenvalue weighted by Crippen LogP contribution is 2.19. The van der Waals surface area contributed by atoms with Crippen LogP contribution in [-0.2, 0) is 14.3 Å². The lowest BCUT2D eigenvalue weighted by Crippen LogP contribution is -2.47. The Morgan fingerprint density at radius 3 is 2.54 bits per heavy atom. The number of hydrogen-bond donors (Lipinski definition) is 1. The molecule has 7 nitrogen and oxygen atoms in total. The molecule has 1 atom stereocenters. The number of hydrogen-bond acceptors (Lipinski definition) is 5. The van der Waals surface area contributed by atoms with Gasteiger partial charge in [0.1, 0.15) is 0 Å². The van der Waals surface area contributed by atoms with Crippen molar-refractivity contribution in [2.75, 3.05) is 65.6 Å². The number of carbonyl (C=O) groups is 1. The maximum absolute atomic E-state index is 11.9. The molecule has 150 valence electrons. The van der Waals surface area contributed by atoms with Crippen LogP contribution >= 0.6 is 0 Å². The van der Waals surface area contributed by atoms with Crippen molar-refractivity contribution in [1.82, 2.24) is 15.1 Å². The third-order valence-corrected chi connectivity index (χ3v) is 4.98. The van der Waals surface area contributed by atoms with Crippen molar-refractivity contribution in [3.63, 3.8) is 0 Å². The Labute approximate surface area is 158 Å². The van der Waals surface area contributed by atoms with E-state index in [2.05, 4.69) is 29.0 Å². The number of esters is 1. The number of aliphatic imine (C=N–C) groups is 1. The van der Waals surface area contributed by atoms with Crippen LogP contribution < -0.4 is 5.32 Å². The van der Waals surface area contributed by atoms with Crippen LogP contribution in [-0.4, -0.2) is 87.4 Å². The van der Waals surface area contributed by atoms with Crippen LogP contribution in [0.3, 0.4) is 0 Å². The van der Waals surface area contributed by atoms with E-state index < -0.39 is 0 Å². The third-order valence-electron chi connectivity index (χ3n) is 4.98. The van der Waals surface area contributed by atoms with Gasteiger partial charge in [-0.1, -0.05) is 6.92 Å². The first-order valence-corrected chi connectivity index (χ1v) is 10.1. The topological polar surface area (TPSA) is 66.4 Å². The number of ether oxygens (including phenoxy) is 2. The van der Waals surface area contributed by atoms with Gasteiger partial charge < -0.3 is 19.7 Å². The highest BCUT2D eigenvalue weighted by molar-refractivity contribution is 5.80. The van der Waals surface area contributed by atoms with E-state index in [9.17, 15) is 4.79 Å². The van der Waals surface area contributed by atoms with Gasteiger partial charge in [-0.15, -0.1) is 0 Å². The largest absolute Gasteiger partial charge is 0.466 e. The number of guanidine groups is 1. The van der Waals surface area contributed by atoms with Crippen LogP contribution in [0, 0.1) is 11.8 Å². The summed E-state index contributed by atoms with van der Waals surface area (Å²) >= 11 is 0. The summed E-state index contributed by atoms with van der Waals surface area (Å²) in [5.74, 6) is 1.48. The van der Waals surface area contributed by atoms with Crippen molar-refractivity contribution < 1.29 is 14.3 Å². The van der Waals surface area contributed by atoms with Gasteiger partial charge in [-0.25, -0.2) is 0 Å². The molecule has 0 amide bonds. The Morgan fingerprint density at radius 2 is 1.92 bits per heavy atom. The fraction of sp³-hybridized carbons (Fsp3) is 0.895. The minimum absolute atomic E-state index is 0.0364. The fourth-order valence-electron chi connectivity index (χ4n) is 3.54. The van der Waals surface area contributed by atoms with Gasteiger partial charge in [-0.3, -0.25) is 14.7 Å². The van der Waals surface area contributed by atoms with Crippen molar-refractivity contribution in [1.29, 1.82) is 0 Å². The molecule has 2 fully saturated rings. The predicted molar refractivity (Wildman–Crippen MR) is 103 cm³/mol. The summed E-state index contributed by atoms with van der Waals surface area (Å²) in [7, 11) is 0. The number of morpholine rings is 1. The van der Waals surface area contributed by atoms with E-state index in [0.29, 0.717) is 12.5 Å². The van der Waals surface area contributed by atoms with Crippen LogP contribution in [0.25, 0.3) is 0 Å². The molecule has 0 saturated carbocycles. The summed E-state index contributed by atoms with van der Waals surface area (Å²) in [4.78, 5) is 21.5. The first-order valence-electron chi connectivity index (χ1n) is 10.1. The highest BCUT2D eigenvalue weighted by atomic mass is 16.5. The summed E-state index contributed by atoms with van der Waals surface area (Å²) < 4.78 is 10.6. The van der Waals surface area contributed by atoms with Crippen molar-refractivity contribution in [3.05, 3.63) is 0 Å². The molecule has 2 aliphatic heterocycles. The lowest BCUT2D eigenvalue weighted by atomic mass is 9.97. The number of likely N-dealkylation sites (tertiary alicyclic amines) is 1. The molecule has 2 saturated heterocycles. The van der Waals surface area contributed by atoms with Gasteiger partial charge >= 0.3 is 5.97 Å². The molecule has 1 N–H and O–H groups in total. The second kappa shape index (κ2) is 11.4. The minimum atomic E-state index is -0.0479. The minimum Gasteiger partial charge on any atom is -0.466 e. The average molecular weight is 369 g/mol. The molecule has 26 heavy (non-hydrogen) atoms. The molecular formula is C19H36N4O3. The quantitative estimate of drug-likeness (QED) is 0.414. The van der Waals surface area contributed by atoms with Crippen molar-refractivity contribution in [2.24, 2.45) is 16.8 Å². The number of piperidine rings is 1. The summed E-state index contributed by atoms with van der Waals surface area (Å²) in [5, 5.41) is 3.41. The number of carbonyl (C=O) groups excluding carboxylic acids is 1. The first-order chi connectivity index (χ1) is 12.6. The van der Waals surface area contributed by atoms with Gasteiger partial charge in [0, 0.05) is 45.8 Å². The Hall–Kier alpha value is -1.34. The second-order valence-corrected chi connectivity index (χ2v) is 7.23. The highest BCUT2D eigenvalue weighted by Gasteiger charge is 2.27. The SMILES string of the molecule is CCNC(=NCC(C)CN1CCOCC1)N1CCC(C(=O)OCC)CC1. The van der Waals surface area contributed by atoms with Crippen molar-refractivity contribution >= 4 is 11.9 Å². The fourth-order valence-corrected chi connectivity index (χ4v) is 3.54. The normalized spacial score (nSPS) is 21.5. The lowest BCUT2D eigenvalue weighted by molar-refractivity contribution is -0.149. The second-order valence-electron chi connectivity index (χ2n) is 7.23. The molecule has 0 bridgehead atoms. The number of nitrogens with one attached hydrogen (secondary N) is 1. The van der Waals surface area contributed by atoms with E-state index in [-0.39, 0.29) is 11.9 Å². The molecule has 2 rings (SSSR count). The van der Waals surface area contributed by atoms with Crippen LogP contribution in [0.5, 0.6) is 0 Å². The molecule has 0 radical (unpaired) electrons. The van der Waals surface area contributed by atoms with Crippen LogP contribution in [0.15, 0.2) is 4.99 Å². The van der Waals surface area contributed by atoms with Gasteiger partial charge in [0.25, 0.3) is 0 Å². The molecule has 0 aromatic rings. The van der Waals surface area contributed by atoms with E-state index in [1.54, 1.807) is 0 Å². The molecular weight excluding hydrogens is 332 g/mol. The first kappa shape index (κ1) is 21.0. The van der Waals surface area contributed by atoms with Crippen molar-refractivity contribution in [2.45, 2.75) is 33.6 Å². The van der Waals surface area contributed by atoms with E-state index in [1.165, 1.54) is 0 Å². The van der Waals surface area contributed by atoms with Gasteiger partial charge in [0.05, 0.1) is 25.7 Å². The molecule has 0 aromatic carbocycles. The molecule has 0 aromatic heterocycles. The van der Waals surface area contributed by atoms with E-state index >= 15 is 0 Å². The predicted octanol–water partition coefficient (Wildman–Crippen LogP) is 1.20. The Morgan fingerprint density at radius 1 is 1.23 bits per heavy atom. The maximum Gasteiger partial charge on any atom is 0.309 e. The van der Waals surface area contributed by atoms with Crippen LogP contribution in [0.1, 0.15) is 33.6 Å². The monoisotopic (exact) mass is 368 g/mol. The summed E-state index contributed by atoms with van der Waals surface area (Å²) in [5.41, 5.74) is 0. The standard InChI is InChI=1S/C19H36N4O3/c1-4-20-19(21-14-16(3)15-22-10-12-25-13-11-22)23-8-6-17(7-9-23)18(24)26-5-2/h16-17H,4-15H2,1-3H3,(H,20,21). The number of nitrogens with zero attached hydrogens (tertiary/aromatic N) is 3. The average Bonchev–Trinajstić information content (AvgIpc) is 2.66. The zero-order chi connectivity index (χ0) is 18.8. The lowest BCUT2D eigenvalue weighted by Gasteiger charge is -2.33.